The van der Waals surface area contributed by atoms with Gasteiger partial charge in [-0.15, -0.1) is 0 Å². The van der Waals surface area contributed by atoms with Crippen LogP contribution in [0.1, 0.15) is 26.3 Å². The third-order valence-electron chi connectivity index (χ3n) is 6.31. The van der Waals surface area contributed by atoms with Gasteiger partial charge in [0.1, 0.15) is 23.4 Å². The van der Waals surface area contributed by atoms with Crippen molar-refractivity contribution >= 4 is 34.6 Å². The summed E-state index contributed by atoms with van der Waals surface area (Å²) in [5.41, 5.74) is 4.55. The molecule has 2 N–H and O–H groups in total. The van der Waals surface area contributed by atoms with Crippen LogP contribution in [0.4, 0.5) is 16.6 Å². The van der Waals surface area contributed by atoms with E-state index in [1.165, 1.54) is 6.33 Å². The van der Waals surface area contributed by atoms with Crippen molar-refractivity contribution in [3.8, 4) is 17.0 Å². The molecule has 0 saturated carbocycles. The van der Waals surface area contributed by atoms with Crippen LogP contribution in [0, 0.1) is 0 Å². The van der Waals surface area contributed by atoms with Crippen molar-refractivity contribution < 1.29 is 14.3 Å². The average Bonchev–Trinajstić information content (AvgIpc) is 3.33. The number of carbonyl (C=O) groups is 1. The van der Waals surface area contributed by atoms with Crippen LogP contribution in [0.15, 0.2) is 55.6 Å². The molecule has 11 nitrogen and oxygen atoms in total. The molecule has 1 fully saturated rings. The zero-order valence-electron chi connectivity index (χ0n) is 22.6. The van der Waals surface area contributed by atoms with Gasteiger partial charge in [0.15, 0.2) is 5.75 Å². The van der Waals surface area contributed by atoms with Crippen LogP contribution < -0.4 is 10.1 Å². The standard InChI is InChI=1S/C28H32N8O3/c1-18(35-10-12-36(13-11-35)27(37)39-28(2,3)4)19-8-9-30-24(15-19)34-26-32-21-7-6-20(14-22(21)33-26)25-23(38-5)16-29-17-31-25/h6-9,14-17H,1,10-13H2,2-5H3,(H2,30,32,33,34). The largest absolute Gasteiger partial charge is 0.493 e. The van der Waals surface area contributed by atoms with Gasteiger partial charge in [-0.1, -0.05) is 12.6 Å². The molecule has 0 unspecified atom stereocenters. The van der Waals surface area contributed by atoms with Gasteiger partial charge in [-0.05, 0) is 45.0 Å². The van der Waals surface area contributed by atoms with E-state index in [-0.39, 0.29) is 6.09 Å². The highest BCUT2D eigenvalue weighted by molar-refractivity contribution is 5.84. The number of aromatic amines is 1. The molecule has 1 saturated heterocycles. The van der Waals surface area contributed by atoms with Gasteiger partial charge in [0.25, 0.3) is 0 Å². The molecule has 0 aliphatic carbocycles. The predicted molar refractivity (Wildman–Crippen MR) is 150 cm³/mol. The monoisotopic (exact) mass is 528 g/mol. The van der Waals surface area contributed by atoms with Crippen molar-refractivity contribution in [1.82, 2.24) is 34.7 Å². The first-order chi connectivity index (χ1) is 18.7. The fraction of sp³-hybridized carbons (Fsp3) is 0.321. The Morgan fingerprint density at radius 2 is 1.85 bits per heavy atom. The zero-order chi connectivity index (χ0) is 27.6. The lowest BCUT2D eigenvalue weighted by Gasteiger charge is -2.37. The third kappa shape index (κ3) is 5.92. The number of ether oxygens (including phenoxy) is 2. The van der Waals surface area contributed by atoms with Gasteiger partial charge in [-0.2, -0.15) is 0 Å². The summed E-state index contributed by atoms with van der Waals surface area (Å²) >= 11 is 0. The van der Waals surface area contributed by atoms with E-state index in [0.717, 1.165) is 27.9 Å². The first kappa shape index (κ1) is 26.0. The number of pyridine rings is 1. The van der Waals surface area contributed by atoms with Gasteiger partial charge >= 0.3 is 6.09 Å². The van der Waals surface area contributed by atoms with E-state index < -0.39 is 5.60 Å². The quantitative estimate of drug-likeness (QED) is 0.367. The van der Waals surface area contributed by atoms with Crippen molar-refractivity contribution in [1.29, 1.82) is 0 Å². The number of benzene rings is 1. The van der Waals surface area contributed by atoms with Crippen LogP contribution in [0.5, 0.6) is 5.75 Å². The summed E-state index contributed by atoms with van der Waals surface area (Å²) < 4.78 is 10.9. The highest BCUT2D eigenvalue weighted by atomic mass is 16.6. The number of piperazine rings is 1. The Balaban J connectivity index is 1.26. The normalized spacial score (nSPS) is 13.8. The molecule has 202 valence electrons. The molecule has 1 aromatic carbocycles. The van der Waals surface area contributed by atoms with Crippen molar-refractivity contribution in [2.24, 2.45) is 0 Å². The van der Waals surface area contributed by atoms with Crippen LogP contribution in [0.25, 0.3) is 28.0 Å². The van der Waals surface area contributed by atoms with Crippen LogP contribution in [-0.2, 0) is 4.74 Å². The second-order valence-corrected chi connectivity index (χ2v) is 10.2. The van der Waals surface area contributed by atoms with Crippen LogP contribution in [0.3, 0.4) is 0 Å². The SMILES string of the molecule is C=C(c1ccnc(Nc2nc3ccc(-c4ncncc4OC)cc3[nH]2)c1)N1CCN(C(=O)OC(C)(C)C)CC1. The number of H-pyrrole nitrogens is 1. The minimum atomic E-state index is -0.509. The van der Waals surface area contributed by atoms with E-state index in [4.69, 9.17) is 9.47 Å². The maximum Gasteiger partial charge on any atom is 0.410 e. The molecular formula is C28H32N8O3. The minimum absolute atomic E-state index is 0.280. The molecule has 4 aromatic rings. The summed E-state index contributed by atoms with van der Waals surface area (Å²) in [6.07, 6.45) is 4.59. The molecular weight excluding hydrogens is 496 g/mol. The Bertz CT molecular complexity index is 1500. The molecule has 1 aliphatic rings. The zero-order valence-corrected chi connectivity index (χ0v) is 22.6. The van der Waals surface area contributed by atoms with Crippen molar-refractivity contribution in [3.63, 3.8) is 0 Å². The topological polar surface area (TPSA) is 121 Å². The number of carbonyl (C=O) groups excluding carboxylic acids is 1. The number of anilines is 2. The Kier molecular flexibility index (Phi) is 7.05. The number of amides is 1. The summed E-state index contributed by atoms with van der Waals surface area (Å²) in [7, 11) is 1.60. The van der Waals surface area contributed by atoms with E-state index in [0.29, 0.717) is 49.4 Å². The number of methoxy groups -OCH3 is 1. The second kappa shape index (κ2) is 10.6. The molecule has 0 spiro atoms. The highest BCUT2D eigenvalue weighted by Gasteiger charge is 2.26. The summed E-state index contributed by atoms with van der Waals surface area (Å²) in [5, 5.41) is 3.26. The van der Waals surface area contributed by atoms with Gasteiger partial charge in [-0.25, -0.2) is 24.7 Å². The Morgan fingerprint density at radius 1 is 1.08 bits per heavy atom. The van der Waals surface area contributed by atoms with E-state index >= 15 is 0 Å². The minimum Gasteiger partial charge on any atom is -0.493 e. The van der Waals surface area contributed by atoms with Crippen LogP contribution in [-0.4, -0.2) is 79.7 Å². The summed E-state index contributed by atoms with van der Waals surface area (Å²) in [5.74, 6) is 1.80. The molecule has 1 amide bonds. The molecule has 0 bridgehead atoms. The molecule has 39 heavy (non-hydrogen) atoms. The third-order valence-corrected chi connectivity index (χ3v) is 6.31. The van der Waals surface area contributed by atoms with Gasteiger partial charge in [0.2, 0.25) is 5.95 Å². The molecule has 3 aromatic heterocycles. The maximum atomic E-state index is 12.4. The second-order valence-electron chi connectivity index (χ2n) is 10.2. The van der Waals surface area contributed by atoms with Gasteiger partial charge in [0.05, 0.1) is 24.3 Å². The van der Waals surface area contributed by atoms with Crippen molar-refractivity contribution in [2.75, 3.05) is 38.6 Å². The Labute approximate surface area is 226 Å². The lowest BCUT2D eigenvalue weighted by atomic mass is 10.1. The lowest BCUT2D eigenvalue weighted by molar-refractivity contribution is 0.0182. The number of nitrogens with zero attached hydrogens (tertiary/aromatic N) is 6. The molecule has 0 atom stereocenters. The van der Waals surface area contributed by atoms with E-state index in [2.05, 4.69) is 41.7 Å². The van der Waals surface area contributed by atoms with Crippen molar-refractivity contribution in [2.45, 2.75) is 26.4 Å². The molecule has 1 aliphatic heterocycles. The summed E-state index contributed by atoms with van der Waals surface area (Å²) in [4.78, 5) is 37.1. The number of hydrogen-bond donors (Lipinski definition) is 2. The first-order valence-electron chi connectivity index (χ1n) is 12.7. The molecule has 4 heterocycles. The number of nitrogens with one attached hydrogen (secondary N) is 2. The number of hydrogen-bond acceptors (Lipinski definition) is 9. The Hall–Kier alpha value is -4.67. The van der Waals surface area contributed by atoms with Crippen LogP contribution >= 0.6 is 0 Å². The summed E-state index contributed by atoms with van der Waals surface area (Å²) in [6.45, 7) is 12.4. The Morgan fingerprint density at radius 3 is 2.59 bits per heavy atom. The number of rotatable bonds is 6. The number of fused-ring (bicyclic) bond motifs is 1. The summed E-state index contributed by atoms with van der Waals surface area (Å²) in [6, 6.07) is 9.71. The number of aromatic nitrogens is 5. The average molecular weight is 529 g/mol. The lowest BCUT2D eigenvalue weighted by Crippen LogP contribution is -2.49. The van der Waals surface area contributed by atoms with E-state index in [1.54, 1.807) is 24.4 Å². The van der Waals surface area contributed by atoms with Gasteiger partial charge < -0.3 is 29.6 Å². The van der Waals surface area contributed by atoms with Gasteiger partial charge in [-0.3, -0.25) is 0 Å². The van der Waals surface area contributed by atoms with Gasteiger partial charge in [0, 0.05) is 49.2 Å². The maximum absolute atomic E-state index is 12.4. The smallest absolute Gasteiger partial charge is 0.410 e. The molecule has 11 heteroatoms. The predicted octanol–water partition coefficient (Wildman–Crippen LogP) is 4.69. The fourth-order valence-electron chi connectivity index (χ4n) is 4.37. The van der Waals surface area contributed by atoms with E-state index in [1.807, 2.05) is 51.1 Å². The van der Waals surface area contributed by atoms with Crippen LogP contribution in [0.2, 0.25) is 0 Å². The fourth-order valence-corrected chi connectivity index (χ4v) is 4.37. The molecule has 0 radical (unpaired) electrons. The highest BCUT2D eigenvalue weighted by Crippen LogP contribution is 2.29. The first-order valence-corrected chi connectivity index (χ1v) is 12.7. The van der Waals surface area contributed by atoms with Crippen molar-refractivity contribution in [3.05, 3.63) is 61.2 Å². The van der Waals surface area contributed by atoms with E-state index in [9.17, 15) is 4.79 Å². The molecule has 5 rings (SSSR count). The number of imidazole rings is 1.